The van der Waals surface area contributed by atoms with Crippen LogP contribution in [0.1, 0.15) is 36.3 Å². The zero-order chi connectivity index (χ0) is 15.5. The van der Waals surface area contributed by atoms with Gasteiger partial charge in [-0.25, -0.2) is 9.78 Å². The number of morpholine rings is 1. The minimum atomic E-state index is -0.932. The van der Waals surface area contributed by atoms with E-state index < -0.39 is 5.97 Å². The molecule has 2 heterocycles. The molecule has 1 N–H and O–H groups in total. The maximum Gasteiger partial charge on any atom is 0.328 e. The van der Waals surface area contributed by atoms with Gasteiger partial charge in [0.2, 0.25) is 0 Å². The summed E-state index contributed by atoms with van der Waals surface area (Å²) in [7, 11) is 0. The molecular formula is C15H22N2O3S. The molecule has 1 aliphatic heterocycles. The van der Waals surface area contributed by atoms with Crippen LogP contribution in [0.3, 0.4) is 0 Å². The first-order valence-electron chi connectivity index (χ1n) is 7.07. The van der Waals surface area contributed by atoms with E-state index in [4.69, 9.17) is 14.8 Å². The number of hydrogen-bond acceptors (Lipinski definition) is 5. The molecular weight excluding hydrogens is 288 g/mol. The number of rotatable bonds is 4. The summed E-state index contributed by atoms with van der Waals surface area (Å²) < 4.78 is 5.35. The molecule has 1 aromatic rings. The number of ether oxygens (including phenoxy) is 1. The molecule has 1 fully saturated rings. The predicted molar refractivity (Wildman–Crippen MR) is 83.6 cm³/mol. The van der Waals surface area contributed by atoms with E-state index in [1.54, 1.807) is 17.4 Å². The van der Waals surface area contributed by atoms with Crippen LogP contribution in [0.2, 0.25) is 0 Å². The van der Waals surface area contributed by atoms with Gasteiger partial charge in [-0.3, -0.25) is 4.90 Å². The van der Waals surface area contributed by atoms with Crippen molar-refractivity contribution in [2.75, 3.05) is 26.3 Å². The predicted octanol–water partition coefficient (Wildman–Crippen LogP) is 2.37. The van der Waals surface area contributed by atoms with E-state index in [0.29, 0.717) is 0 Å². The van der Waals surface area contributed by atoms with E-state index in [1.807, 2.05) is 0 Å². The first kappa shape index (κ1) is 16.1. The fourth-order valence-electron chi connectivity index (χ4n) is 2.19. The lowest BCUT2D eigenvalue weighted by molar-refractivity contribution is -0.131. The number of nitrogens with zero attached hydrogens (tertiary/aromatic N) is 2. The zero-order valence-electron chi connectivity index (χ0n) is 12.8. The summed E-state index contributed by atoms with van der Waals surface area (Å²) >= 11 is 1.58. The quantitative estimate of drug-likeness (QED) is 0.865. The molecule has 0 atom stereocenters. The second-order valence-corrected chi connectivity index (χ2v) is 7.25. The van der Waals surface area contributed by atoms with Gasteiger partial charge in [0, 0.05) is 24.6 Å². The summed E-state index contributed by atoms with van der Waals surface area (Å²) in [5, 5.41) is 9.85. The van der Waals surface area contributed by atoms with Crippen molar-refractivity contribution >= 4 is 23.4 Å². The second-order valence-electron chi connectivity index (χ2n) is 6.13. The molecule has 6 heteroatoms. The van der Waals surface area contributed by atoms with Gasteiger partial charge in [-0.05, 0) is 6.08 Å². The Morgan fingerprint density at radius 3 is 2.67 bits per heavy atom. The molecule has 1 aliphatic rings. The Kier molecular flexibility index (Phi) is 5.13. The lowest BCUT2D eigenvalue weighted by Crippen LogP contribution is -2.35. The molecule has 116 valence electrons. The Bertz CT molecular complexity index is 526. The number of carbonyl (C=O) groups is 1. The zero-order valence-corrected chi connectivity index (χ0v) is 13.6. The number of hydrogen-bond donors (Lipinski definition) is 1. The second kappa shape index (κ2) is 6.68. The molecule has 1 saturated heterocycles. The van der Waals surface area contributed by atoms with E-state index in [9.17, 15) is 4.79 Å². The molecule has 0 bridgehead atoms. The molecule has 0 radical (unpaired) electrons. The molecule has 0 aromatic carbocycles. The fourth-order valence-corrected chi connectivity index (χ4v) is 3.42. The molecule has 5 nitrogen and oxygen atoms in total. The van der Waals surface area contributed by atoms with Crippen molar-refractivity contribution in [3.8, 4) is 0 Å². The molecule has 0 unspecified atom stereocenters. The van der Waals surface area contributed by atoms with Crippen molar-refractivity contribution in [2.45, 2.75) is 32.7 Å². The Labute approximate surface area is 129 Å². The van der Waals surface area contributed by atoms with Crippen LogP contribution in [0.5, 0.6) is 0 Å². The van der Waals surface area contributed by atoms with Gasteiger partial charge in [0.15, 0.2) is 0 Å². The van der Waals surface area contributed by atoms with Crippen molar-refractivity contribution < 1.29 is 14.6 Å². The summed E-state index contributed by atoms with van der Waals surface area (Å²) in [4.78, 5) is 18.7. The molecule has 0 spiro atoms. The summed E-state index contributed by atoms with van der Waals surface area (Å²) in [5.74, 6) is -0.932. The van der Waals surface area contributed by atoms with Crippen molar-refractivity contribution in [3.63, 3.8) is 0 Å². The van der Waals surface area contributed by atoms with Crippen LogP contribution in [0, 0.1) is 0 Å². The van der Waals surface area contributed by atoms with Crippen LogP contribution in [0.4, 0.5) is 0 Å². The van der Waals surface area contributed by atoms with Crippen molar-refractivity contribution in [1.29, 1.82) is 0 Å². The van der Waals surface area contributed by atoms with Gasteiger partial charge in [0.1, 0.15) is 5.01 Å². The third-order valence-corrected chi connectivity index (χ3v) is 4.25. The van der Waals surface area contributed by atoms with Crippen molar-refractivity contribution in [2.24, 2.45) is 0 Å². The fraction of sp³-hybridized carbons (Fsp3) is 0.600. The lowest BCUT2D eigenvalue weighted by Gasteiger charge is -2.25. The maximum atomic E-state index is 10.7. The van der Waals surface area contributed by atoms with Crippen LogP contribution in [-0.4, -0.2) is 47.3 Å². The number of aromatic nitrogens is 1. The highest BCUT2D eigenvalue weighted by atomic mass is 32.1. The van der Waals surface area contributed by atoms with Crippen molar-refractivity contribution in [1.82, 2.24) is 9.88 Å². The van der Waals surface area contributed by atoms with Crippen LogP contribution < -0.4 is 0 Å². The van der Waals surface area contributed by atoms with E-state index >= 15 is 0 Å². The standard InChI is InChI=1S/C15H22N2O3S/c1-15(2,3)14-11(4-5-13(18)19)21-12(16-14)10-17-6-8-20-9-7-17/h4-5H,6-10H2,1-3H3,(H,18,19)/b5-4+. The Morgan fingerprint density at radius 2 is 2.10 bits per heavy atom. The van der Waals surface area contributed by atoms with Gasteiger partial charge in [-0.15, -0.1) is 11.3 Å². The van der Waals surface area contributed by atoms with Crippen LogP contribution in [0.15, 0.2) is 6.08 Å². The minimum Gasteiger partial charge on any atom is -0.478 e. The lowest BCUT2D eigenvalue weighted by atomic mass is 9.91. The summed E-state index contributed by atoms with van der Waals surface area (Å²) in [5.41, 5.74) is 0.867. The summed E-state index contributed by atoms with van der Waals surface area (Å²) in [6.45, 7) is 10.5. The molecule has 0 aliphatic carbocycles. The van der Waals surface area contributed by atoms with Gasteiger partial charge in [0.25, 0.3) is 0 Å². The van der Waals surface area contributed by atoms with Crippen LogP contribution in [-0.2, 0) is 21.5 Å². The maximum absolute atomic E-state index is 10.7. The third-order valence-electron chi connectivity index (χ3n) is 3.25. The average Bonchev–Trinajstić information content (AvgIpc) is 2.80. The first-order chi connectivity index (χ1) is 9.86. The van der Waals surface area contributed by atoms with E-state index in [0.717, 1.165) is 48.4 Å². The van der Waals surface area contributed by atoms with Gasteiger partial charge >= 0.3 is 5.97 Å². The van der Waals surface area contributed by atoms with Crippen LogP contribution in [0.25, 0.3) is 6.08 Å². The third kappa shape index (κ3) is 4.62. The monoisotopic (exact) mass is 310 g/mol. The van der Waals surface area contributed by atoms with Gasteiger partial charge in [-0.1, -0.05) is 20.8 Å². The highest BCUT2D eigenvalue weighted by Crippen LogP contribution is 2.31. The number of carboxylic acid groups (broad SMARTS) is 1. The number of aliphatic carboxylic acids is 1. The highest BCUT2D eigenvalue weighted by Gasteiger charge is 2.23. The van der Waals surface area contributed by atoms with Gasteiger partial charge in [0.05, 0.1) is 30.3 Å². The average molecular weight is 310 g/mol. The van der Waals surface area contributed by atoms with Crippen LogP contribution >= 0.6 is 11.3 Å². The molecule has 0 amide bonds. The molecule has 2 rings (SSSR count). The summed E-state index contributed by atoms with van der Waals surface area (Å²) in [6.07, 6.45) is 2.84. The van der Waals surface area contributed by atoms with E-state index in [1.165, 1.54) is 6.08 Å². The molecule has 0 saturated carbocycles. The Morgan fingerprint density at radius 1 is 1.43 bits per heavy atom. The minimum absolute atomic E-state index is 0.0993. The van der Waals surface area contributed by atoms with Crippen molar-refractivity contribution in [3.05, 3.63) is 21.7 Å². The topological polar surface area (TPSA) is 62.7 Å². The van der Waals surface area contributed by atoms with Gasteiger partial charge < -0.3 is 9.84 Å². The normalized spacial score (nSPS) is 17.5. The first-order valence-corrected chi connectivity index (χ1v) is 7.89. The summed E-state index contributed by atoms with van der Waals surface area (Å²) in [6, 6.07) is 0. The smallest absolute Gasteiger partial charge is 0.328 e. The van der Waals surface area contributed by atoms with E-state index in [-0.39, 0.29) is 5.41 Å². The molecule has 21 heavy (non-hydrogen) atoms. The Balaban J connectivity index is 2.20. The largest absolute Gasteiger partial charge is 0.478 e. The Hall–Kier alpha value is -1.24. The number of carboxylic acids is 1. The van der Waals surface area contributed by atoms with E-state index in [2.05, 4.69) is 25.7 Å². The number of thiazole rings is 1. The van der Waals surface area contributed by atoms with Gasteiger partial charge in [-0.2, -0.15) is 0 Å². The molecule has 1 aromatic heterocycles. The SMILES string of the molecule is CC(C)(C)c1nc(CN2CCOCC2)sc1/C=C/C(=O)O. The highest BCUT2D eigenvalue weighted by molar-refractivity contribution is 7.12.